The van der Waals surface area contributed by atoms with Crippen LogP contribution in [0.15, 0.2) is 36.4 Å². The number of aromatic hydroxyl groups is 3. The predicted molar refractivity (Wildman–Crippen MR) is 156 cm³/mol. The average molecular weight is 513 g/mol. The maximum Gasteiger partial charge on any atom is 0.122 e. The number of benzene rings is 3. The van der Waals surface area contributed by atoms with Crippen molar-refractivity contribution in [2.75, 3.05) is 0 Å². The van der Waals surface area contributed by atoms with Gasteiger partial charge in [-0.1, -0.05) is 91.6 Å². The molecule has 2 fully saturated rings. The minimum Gasteiger partial charge on any atom is -0.507 e. The van der Waals surface area contributed by atoms with E-state index in [-0.39, 0.29) is 5.75 Å². The van der Waals surface area contributed by atoms with Gasteiger partial charge < -0.3 is 15.3 Å². The molecule has 38 heavy (non-hydrogen) atoms. The van der Waals surface area contributed by atoms with Gasteiger partial charge in [-0.15, -0.1) is 0 Å². The van der Waals surface area contributed by atoms with Crippen molar-refractivity contribution in [2.24, 2.45) is 0 Å². The summed E-state index contributed by atoms with van der Waals surface area (Å²) in [5.41, 5.74) is 8.97. The molecule has 0 aromatic heterocycles. The van der Waals surface area contributed by atoms with Gasteiger partial charge in [0.05, 0.1) is 0 Å². The Balaban J connectivity index is 1.46. The number of aryl methyl sites for hydroxylation is 3. The summed E-state index contributed by atoms with van der Waals surface area (Å²) in [6.07, 6.45) is 13.0. The molecule has 0 radical (unpaired) electrons. The molecule has 0 heterocycles. The average Bonchev–Trinajstić information content (AvgIpc) is 2.91. The molecular weight excluding hydrogens is 468 g/mol. The summed E-state index contributed by atoms with van der Waals surface area (Å²) in [5.74, 6) is 1.92. The number of hydrogen-bond donors (Lipinski definition) is 3. The van der Waals surface area contributed by atoms with Gasteiger partial charge in [0.1, 0.15) is 17.2 Å². The second-order valence-corrected chi connectivity index (χ2v) is 12.2. The fourth-order valence-corrected chi connectivity index (χ4v) is 7.10. The number of rotatable bonds is 6. The van der Waals surface area contributed by atoms with E-state index in [1.807, 2.05) is 12.1 Å². The molecule has 0 atom stereocenters. The molecular formula is C35H44O3. The Bertz CT molecular complexity index is 1200. The van der Waals surface area contributed by atoms with Crippen LogP contribution in [0.25, 0.3) is 0 Å². The van der Waals surface area contributed by atoms with Gasteiger partial charge in [0, 0.05) is 12.8 Å². The second-order valence-electron chi connectivity index (χ2n) is 12.2. The van der Waals surface area contributed by atoms with Crippen molar-refractivity contribution in [3.05, 3.63) is 86.5 Å². The van der Waals surface area contributed by atoms with Crippen LogP contribution in [0.4, 0.5) is 0 Å². The Morgan fingerprint density at radius 3 is 1.16 bits per heavy atom. The Hall–Kier alpha value is -2.94. The van der Waals surface area contributed by atoms with Gasteiger partial charge in [-0.25, -0.2) is 0 Å². The molecule has 0 spiro atoms. The van der Waals surface area contributed by atoms with E-state index in [0.717, 1.165) is 75.8 Å². The first kappa shape index (κ1) is 26.7. The molecule has 3 N–H and O–H groups in total. The van der Waals surface area contributed by atoms with Crippen molar-refractivity contribution in [1.82, 2.24) is 0 Å². The Labute approximate surface area is 228 Å². The number of phenols is 3. The molecule has 3 aromatic rings. The highest BCUT2D eigenvalue weighted by atomic mass is 16.3. The molecule has 3 nitrogen and oxygen atoms in total. The smallest absolute Gasteiger partial charge is 0.122 e. The molecule has 0 aliphatic heterocycles. The van der Waals surface area contributed by atoms with Crippen molar-refractivity contribution < 1.29 is 15.3 Å². The molecule has 5 rings (SSSR count). The zero-order valence-corrected chi connectivity index (χ0v) is 23.4. The molecule has 0 unspecified atom stereocenters. The van der Waals surface area contributed by atoms with Gasteiger partial charge in [-0.2, -0.15) is 0 Å². The molecule has 3 heteroatoms. The van der Waals surface area contributed by atoms with Crippen LogP contribution in [-0.4, -0.2) is 15.3 Å². The van der Waals surface area contributed by atoms with E-state index in [0.29, 0.717) is 36.2 Å². The van der Waals surface area contributed by atoms with Crippen LogP contribution in [0, 0.1) is 20.8 Å². The van der Waals surface area contributed by atoms with Crippen LogP contribution >= 0.6 is 0 Å². The van der Waals surface area contributed by atoms with Crippen LogP contribution in [0.3, 0.4) is 0 Å². The molecule has 2 saturated carbocycles. The first-order valence-corrected chi connectivity index (χ1v) is 14.8. The van der Waals surface area contributed by atoms with Crippen molar-refractivity contribution in [2.45, 2.75) is 110 Å². The zero-order valence-electron chi connectivity index (χ0n) is 23.4. The Morgan fingerprint density at radius 2 is 0.789 bits per heavy atom. The number of hydrogen-bond acceptors (Lipinski definition) is 3. The molecule has 3 aromatic carbocycles. The first-order valence-electron chi connectivity index (χ1n) is 14.8. The highest BCUT2D eigenvalue weighted by Crippen LogP contribution is 2.42. The lowest BCUT2D eigenvalue weighted by atomic mass is 9.81. The quantitative estimate of drug-likeness (QED) is 0.309. The topological polar surface area (TPSA) is 60.7 Å². The molecule has 2 aliphatic rings. The summed E-state index contributed by atoms with van der Waals surface area (Å²) in [7, 11) is 0. The fraction of sp³-hybridized carbons (Fsp3) is 0.486. The van der Waals surface area contributed by atoms with E-state index < -0.39 is 0 Å². The van der Waals surface area contributed by atoms with Gasteiger partial charge in [0.15, 0.2) is 0 Å². The highest BCUT2D eigenvalue weighted by molar-refractivity contribution is 5.54. The highest BCUT2D eigenvalue weighted by Gasteiger charge is 2.23. The largest absolute Gasteiger partial charge is 0.507 e. The van der Waals surface area contributed by atoms with Gasteiger partial charge in [-0.05, 0) is 91.7 Å². The third kappa shape index (κ3) is 5.72. The fourth-order valence-electron chi connectivity index (χ4n) is 7.10. The van der Waals surface area contributed by atoms with Crippen molar-refractivity contribution >= 4 is 0 Å². The SMILES string of the molecule is Cc1cc(Cc2cc(C)cc(C3CCCCC3)c2O)c(O)c(Cc2cc(C)cc(C3CCCCC3)c2O)c1. The monoisotopic (exact) mass is 512 g/mol. The van der Waals surface area contributed by atoms with Gasteiger partial charge in [0.25, 0.3) is 0 Å². The van der Waals surface area contributed by atoms with Gasteiger partial charge >= 0.3 is 0 Å². The third-order valence-corrected chi connectivity index (χ3v) is 8.99. The van der Waals surface area contributed by atoms with Crippen molar-refractivity contribution in [3.8, 4) is 17.2 Å². The van der Waals surface area contributed by atoms with E-state index in [2.05, 4.69) is 45.0 Å². The van der Waals surface area contributed by atoms with Gasteiger partial charge in [0.2, 0.25) is 0 Å². The zero-order chi connectivity index (χ0) is 26.8. The third-order valence-electron chi connectivity index (χ3n) is 8.99. The number of phenolic OH excluding ortho intramolecular Hbond substituents is 3. The molecule has 202 valence electrons. The van der Waals surface area contributed by atoms with E-state index in [1.54, 1.807) is 0 Å². The molecule has 0 saturated heterocycles. The lowest BCUT2D eigenvalue weighted by molar-refractivity contribution is 0.411. The summed E-state index contributed by atoms with van der Waals surface area (Å²) >= 11 is 0. The lowest BCUT2D eigenvalue weighted by Crippen LogP contribution is -2.07. The van der Waals surface area contributed by atoms with Crippen LogP contribution in [0.5, 0.6) is 17.2 Å². The summed E-state index contributed by atoms with van der Waals surface area (Å²) in [4.78, 5) is 0. The molecule has 2 aliphatic carbocycles. The first-order chi connectivity index (χ1) is 18.3. The van der Waals surface area contributed by atoms with Crippen molar-refractivity contribution in [1.29, 1.82) is 0 Å². The second kappa shape index (κ2) is 11.4. The van der Waals surface area contributed by atoms with E-state index in [4.69, 9.17) is 0 Å². The molecule has 0 bridgehead atoms. The Morgan fingerprint density at radius 1 is 0.474 bits per heavy atom. The van der Waals surface area contributed by atoms with Crippen molar-refractivity contribution in [3.63, 3.8) is 0 Å². The summed E-state index contributed by atoms with van der Waals surface area (Å²) in [6.45, 7) is 6.25. The normalized spacial score (nSPS) is 17.1. The predicted octanol–water partition coefficient (Wildman–Crippen LogP) is 9.01. The minimum absolute atomic E-state index is 0.274. The molecule has 0 amide bonds. The van der Waals surface area contributed by atoms with Gasteiger partial charge in [-0.3, -0.25) is 0 Å². The van der Waals surface area contributed by atoms with E-state index in [9.17, 15) is 15.3 Å². The summed E-state index contributed by atoms with van der Waals surface area (Å²) in [6, 6.07) is 12.5. The van der Waals surface area contributed by atoms with E-state index >= 15 is 0 Å². The summed E-state index contributed by atoms with van der Waals surface area (Å²) in [5, 5.41) is 34.0. The standard InChI is InChI=1S/C35H44O3/c1-22-14-27(20-29-16-23(2)18-31(34(29)37)25-10-6-4-7-11-25)33(36)28(15-22)21-30-17-24(3)19-32(35(30)38)26-12-8-5-9-13-26/h14-19,25-26,36-38H,4-13,20-21H2,1-3H3. The maximum atomic E-state index is 11.4. The Kier molecular flexibility index (Phi) is 8.02. The lowest BCUT2D eigenvalue weighted by Gasteiger charge is -2.25. The minimum atomic E-state index is 0.274. The van der Waals surface area contributed by atoms with E-state index in [1.165, 1.54) is 38.5 Å². The van der Waals surface area contributed by atoms with Crippen LogP contribution in [0.2, 0.25) is 0 Å². The van der Waals surface area contributed by atoms with Crippen LogP contribution < -0.4 is 0 Å². The maximum absolute atomic E-state index is 11.4. The van der Waals surface area contributed by atoms with Crippen LogP contribution in [-0.2, 0) is 12.8 Å². The van der Waals surface area contributed by atoms with Crippen LogP contribution in [0.1, 0.15) is 126 Å². The summed E-state index contributed by atoms with van der Waals surface area (Å²) < 4.78 is 0.